The van der Waals surface area contributed by atoms with E-state index in [1.165, 1.54) is 24.2 Å². The Bertz CT molecular complexity index is 717. The van der Waals surface area contributed by atoms with Crippen molar-refractivity contribution in [3.63, 3.8) is 0 Å². The smallest absolute Gasteiger partial charge is 0.235 e. The van der Waals surface area contributed by atoms with Crippen LogP contribution in [0.4, 0.5) is 0 Å². The fraction of sp³-hybridized carbons (Fsp3) is 0.400. The molecule has 0 amide bonds. The summed E-state index contributed by atoms with van der Waals surface area (Å²) in [5.74, 6) is 1.49. The summed E-state index contributed by atoms with van der Waals surface area (Å²) in [7, 11) is 1.85. The Kier molecular flexibility index (Phi) is 2.04. The molecule has 0 spiro atoms. The maximum atomic E-state index is 6.13. The van der Waals surface area contributed by atoms with Gasteiger partial charge in [-0.2, -0.15) is 14.7 Å². The van der Waals surface area contributed by atoms with E-state index < -0.39 is 0 Å². The number of fused-ring (bicyclic) bond motifs is 1. The summed E-state index contributed by atoms with van der Waals surface area (Å²) in [6.07, 6.45) is 3.99. The number of halogens is 1. The van der Waals surface area contributed by atoms with Crippen molar-refractivity contribution in [2.24, 2.45) is 7.05 Å². The molecule has 0 aliphatic heterocycles. The number of nitrogens with zero attached hydrogens (tertiary/aromatic N) is 6. The van der Waals surface area contributed by atoms with Crippen molar-refractivity contribution in [3.8, 4) is 10.7 Å². The van der Waals surface area contributed by atoms with Gasteiger partial charge in [-0.05, 0) is 12.8 Å². The lowest BCUT2D eigenvalue weighted by Crippen LogP contribution is -1.96. The monoisotopic (exact) mass is 280 g/mol. The van der Waals surface area contributed by atoms with E-state index in [1.54, 1.807) is 10.9 Å². The Labute approximate surface area is 111 Å². The average Bonchev–Trinajstić information content (AvgIpc) is 2.84. The van der Waals surface area contributed by atoms with Gasteiger partial charge in [-0.1, -0.05) is 22.9 Å². The molecule has 0 radical (unpaired) electrons. The zero-order valence-electron chi connectivity index (χ0n) is 9.54. The highest BCUT2D eigenvalue weighted by atomic mass is 35.5. The predicted octanol–water partition coefficient (Wildman–Crippen LogP) is 2.12. The summed E-state index contributed by atoms with van der Waals surface area (Å²) in [5, 5.41) is 18.5. The molecule has 0 bridgehead atoms. The van der Waals surface area contributed by atoms with E-state index in [2.05, 4.69) is 20.4 Å². The molecule has 1 fully saturated rings. The van der Waals surface area contributed by atoms with E-state index in [9.17, 15) is 0 Å². The molecule has 3 aromatic rings. The van der Waals surface area contributed by atoms with Gasteiger partial charge in [0.15, 0.2) is 10.8 Å². The molecule has 1 aliphatic rings. The molecule has 18 heavy (non-hydrogen) atoms. The quantitative estimate of drug-likeness (QED) is 0.721. The molecule has 3 aromatic heterocycles. The predicted molar refractivity (Wildman–Crippen MR) is 67.8 cm³/mol. The van der Waals surface area contributed by atoms with Crippen LogP contribution in [-0.4, -0.2) is 29.6 Å². The molecular weight excluding hydrogens is 272 g/mol. The second-order valence-corrected chi connectivity index (χ2v) is 5.76. The molecule has 6 nitrogen and oxygen atoms in total. The highest BCUT2D eigenvalue weighted by molar-refractivity contribution is 7.19. The molecule has 0 unspecified atom stereocenters. The number of aryl methyl sites for hydroxylation is 1. The first-order valence-electron chi connectivity index (χ1n) is 5.64. The second kappa shape index (κ2) is 3.52. The van der Waals surface area contributed by atoms with Gasteiger partial charge in [-0.15, -0.1) is 10.2 Å². The minimum atomic E-state index is 0.525. The van der Waals surface area contributed by atoms with E-state index in [1.807, 2.05) is 11.6 Å². The maximum Gasteiger partial charge on any atom is 0.235 e. The number of rotatable bonds is 2. The van der Waals surface area contributed by atoms with Gasteiger partial charge in [0, 0.05) is 13.0 Å². The molecule has 4 rings (SSSR count). The van der Waals surface area contributed by atoms with Gasteiger partial charge in [0.2, 0.25) is 4.96 Å². The minimum absolute atomic E-state index is 0.525. The third-order valence-electron chi connectivity index (χ3n) is 3.05. The third-order valence-corrected chi connectivity index (χ3v) is 4.24. The Morgan fingerprint density at radius 2 is 2.22 bits per heavy atom. The standard InChI is InChI=1S/C10H9ClN6S/c1-16-7(6(11)4-12-16)9-15-17-8(5-2-3-5)13-14-10(17)18-9/h4-5H,2-3H2,1H3. The van der Waals surface area contributed by atoms with Crippen molar-refractivity contribution >= 4 is 27.9 Å². The zero-order chi connectivity index (χ0) is 12.3. The van der Waals surface area contributed by atoms with E-state index in [4.69, 9.17) is 11.6 Å². The van der Waals surface area contributed by atoms with Crippen LogP contribution >= 0.6 is 22.9 Å². The summed E-state index contributed by atoms with van der Waals surface area (Å²) in [5.41, 5.74) is 0.828. The molecule has 8 heteroatoms. The molecule has 0 saturated heterocycles. The molecular formula is C10H9ClN6S. The largest absolute Gasteiger partial charge is 0.264 e. The van der Waals surface area contributed by atoms with Crippen molar-refractivity contribution < 1.29 is 0 Å². The first-order chi connectivity index (χ1) is 8.74. The van der Waals surface area contributed by atoms with Crippen LogP contribution in [0.1, 0.15) is 24.6 Å². The summed E-state index contributed by atoms with van der Waals surface area (Å²) in [6, 6.07) is 0. The number of hydrogen-bond acceptors (Lipinski definition) is 5. The van der Waals surface area contributed by atoms with E-state index >= 15 is 0 Å². The fourth-order valence-electron chi connectivity index (χ4n) is 1.98. The van der Waals surface area contributed by atoms with Crippen molar-refractivity contribution in [2.75, 3.05) is 0 Å². The summed E-state index contributed by atoms with van der Waals surface area (Å²) in [4.78, 5) is 0.809. The van der Waals surface area contributed by atoms with E-state index in [-0.39, 0.29) is 0 Å². The lowest BCUT2D eigenvalue weighted by molar-refractivity contribution is 0.768. The van der Waals surface area contributed by atoms with Crippen molar-refractivity contribution in [1.29, 1.82) is 0 Å². The number of aromatic nitrogens is 6. The first kappa shape index (κ1) is 10.5. The van der Waals surface area contributed by atoms with Gasteiger partial charge in [0.25, 0.3) is 0 Å². The third kappa shape index (κ3) is 1.40. The van der Waals surface area contributed by atoms with Gasteiger partial charge in [-0.3, -0.25) is 4.68 Å². The van der Waals surface area contributed by atoms with Gasteiger partial charge in [-0.25, -0.2) is 0 Å². The number of hydrogen-bond donors (Lipinski definition) is 0. The van der Waals surface area contributed by atoms with Crippen LogP contribution in [-0.2, 0) is 7.05 Å². The lowest BCUT2D eigenvalue weighted by atomic mass is 10.4. The summed E-state index contributed by atoms with van der Waals surface area (Å²) >= 11 is 7.61. The molecule has 0 aromatic carbocycles. The van der Waals surface area contributed by atoms with Crippen LogP contribution < -0.4 is 0 Å². The molecule has 3 heterocycles. The molecule has 1 aliphatic carbocycles. The normalized spacial score (nSPS) is 15.7. The maximum absolute atomic E-state index is 6.13. The van der Waals surface area contributed by atoms with Gasteiger partial charge in [0.05, 0.1) is 11.2 Å². The van der Waals surface area contributed by atoms with Crippen molar-refractivity contribution in [1.82, 2.24) is 29.6 Å². The topological polar surface area (TPSA) is 60.9 Å². The zero-order valence-corrected chi connectivity index (χ0v) is 11.1. The van der Waals surface area contributed by atoms with Crippen LogP contribution in [0.2, 0.25) is 5.02 Å². The molecule has 0 N–H and O–H groups in total. The van der Waals surface area contributed by atoms with Crippen LogP contribution in [0.15, 0.2) is 6.20 Å². The van der Waals surface area contributed by atoms with E-state index in [0.717, 1.165) is 21.5 Å². The Hall–Kier alpha value is -1.47. The summed E-state index contributed by atoms with van der Waals surface area (Å²) < 4.78 is 3.56. The van der Waals surface area contributed by atoms with Gasteiger partial charge >= 0.3 is 0 Å². The molecule has 92 valence electrons. The fourth-order valence-corrected chi connectivity index (χ4v) is 3.22. The SMILES string of the molecule is Cn1ncc(Cl)c1-c1nn2c(C3CC3)nnc2s1. The highest BCUT2D eigenvalue weighted by Gasteiger charge is 2.30. The van der Waals surface area contributed by atoms with Crippen LogP contribution in [0.3, 0.4) is 0 Å². The first-order valence-corrected chi connectivity index (χ1v) is 6.83. The van der Waals surface area contributed by atoms with Gasteiger partial charge in [0.1, 0.15) is 5.69 Å². The lowest BCUT2D eigenvalue weighted by Gasteiger charge is -1.96. The van der Waals surface area contributed by atoms with Crippen LogP contribution in [0.25, 0.3) is 15.7 Å². The second-order valence-electron chi connectivity index (χ2n) is 4.40. The molecule has 0 atom stereocenters. The Morgan fingerprint density at radius 3 is 2.89 bits per heavy atom. The van der Waals surface area contributed by atoms with Crippen molar-refractivity contribution in [3.05, 3.63) is 17.0 Å². The van der Waals surface area contributed by atoms with Crippen LogP contribution in [0, 0.1) is 0 Å². The summed E-state index contributed by atoms with van der Waals surface area (Å²) in [6.45, 7) is 0. The van der Waals surface area contributed by atoms with Crippen molar-refractivity contribution in [2.45, 2.75) is 18.8 Å². The van der Waals surface area contributed by atoms with E-state index in [0.29, 0.717) is 10.9 Å². The van der Waals surface area contributed by atoms with Crippen LogP contribution in [0.5, 0.6) is 0 Å². The van der Waals surface area contributed by atoms with Gasteiger partial charge < -0.3 is 0 Å². The average molecular weight is 281 g/mol. The Morgan fingerprint density at radius 1 is 1.39 bits per heavy atom. The highest BCUT2D eigenvalue weighted by Crippen LogP contribution is 2.40. The minimum Gasteiger partial charge on any atom is -0.264 e. The molecule has 1 saturated carbocycles. The Balaban J connectivity index is 1.91.